The Morgan fingerprint density at radius 3 is 2.81 bits per heavy atom. The fourth-order valence-electron chi connectivity index (χ4n) is 2.90. The summed E-state index contributed by atoms with van der Waals surface area (Å²) in [6.07, 6.45) is 1.79. The predicted molar refractivity (Wildman–Crippen MR) is 104 cm³/mol. The third kappa shape index (κ3) is 3.88. The van der Waals surface area contributed by atoms with Crippen molar-refractivity contribution in [2.45, 2.75) is 26.7 Å². The number of pyridine rings is 1. The summed E-state index contributed by atoms with van der Waals surface area (Å²) in [7, 11) is 1.35. The monoisotopic (exact) mass is 417 g/mol. The highest BCUT2D eigenvalue weighted by Gasteiger charge is 2.13. The molecule has 0 amide bonds. The molecule has 2 heterocycles. The number of nitrogens with one attached hydrogen (secondary N) is 1. The lowest BCUT2D eigenvalue weighted by atomic mass is 10.1. The second-order valence-electron chi connectivity index (χ2n) is 6.04. The minimum atomic E-state index is -0.450. The predicted octanol–water partition coefficient (Wildman–Crippen LogP) is 4.43. The Hall–Kier alpha value is -2.41. The van der Waals surface area contributed by atoms with Crippen molar-refractivity contribution in [2.24, 2.45) is 0 Å². The highest BCUT2D eigenvalue weighted by atomic mass is 79.9. The van der Waals surface area contributed by atoms with E-state index in [0.29, 0.717) is 0 Å². The van der Waals surface area contributed by atoms with E-state index in [2.05, 4.69) is 31.4 Å². The topological polar surface area (TPSA) is 77.2 Å². The number of hydrogen-bond donors (Lipinski definition) is 1. The van der Waals surface area contributed by atoms with Crippen molar-refractivity contribution in [3.05, 3.63) is 51.4 Å². The molecule has 0 fully saturated rings. The van der Waals surface area contributed by atoms with Crippen LogP contribution in [0.5, 0.6) is 0 Å². The molecule has 136 valence electrons. The van der Waals surface area contributed by atoms with Crippen molar-refractivity contribution in [3.63, 3.8) is 0 Å². The Morgan fingerprint density at radius 1 is 1.31 bits per heavy atom. The fraction of sp³-hybridized carbons (Fsp3) is 0.316. The number of fused-ring (bicyclic) bond motifs is 1. The molecule has 2 aromatic heterocycles. The highest BCUT2D eigenvalue weighted by Crippen LogP contribution is 2.27. The molecule has 3 rings (SSSR count). The molecular formula is C19H20BrN3O3. The molecule has 1 N–H and O–H groups in total. The molecule has 0 unspecified atom stereocenters. The number of methoxy groups -OCH3 is 1. The number of ether oxygens (including phenoxy) is 1. The Labute approximate surface area is 160 Å². The SMILES string of the molecule is COC(=O)c1cc(NCCCc2c(C)noc2C)c2cc(Br)ccc2n1. The van der Waals surface area contributed by atoms with Gasteiger partial charge in [0.2, 0.25) is 0 Å². The van der Waals surface area contributed by atoms with Gasteiger partial charge in [-0.1, -0.05) is 21.1 Å². The van der Waals surface area contributed by atoms with Crippen LogP contribution in [0.25, 0.3) is 10.9 Å². The Bertz CT molecular complexity index is 933. The van der Waals surface area contributed by atoms with E-state index in [1.165, 1.54) is 7.11 Å². The molecule has 7 heteroatoms. The number of anilines is 1. The first kappa shape index (κ1) is 18.4. The zero-order valence-electron chi connectivity index (χ0n) is 14.9. The summed E-state index contributed by atoms with van der Waals surface area (Å²) in [6.45, 7) is 4.63. The molecule has 0 aliphatic rings. The number of aryl methyl sites for hydroxylation is 2. The van der Waals surface area contributed by atoms with E-state index in [1.807, 2.05) is 32.0 Å². The van der Waals surface area contributed by atoms with Crippen LogP contribution in [0.3, 0.4) is 0 Å². The standard InChI is InChI=1S/C19H20BrN3O3/c1-11-14(12(2)26-23-11)5-4-8-21-17-10-18(19(24)25-3)22-16-7-6-13(20)9-15(16)17/h6-7,9-10H,4-5,8H2,1-3H3,(H,21,22). The van der Waals surface area contributed by atoms with Gasteiger partial charge < -0.3 is 14.6 Å². The maximum Gasteiger partial charge on any atom is 0.356 e. The van der Waals surface area contributed by atoms with E-state index in [9.17, 15) is 4.79 Å². The molecule has 26 heavy (non-hydrogen) atoms. The number of esters is 1. The Morgan fingerprint density at radius 2 is 2.12 bits per heavy atom. The molecule has 0 saturated heterocycles. The van der Waals surface area contributed by atoms with Crippen LogP contribution >= 0.6 is 15.9 Å². The van der Waals surface area contributed by atoms with Crippen molar-refractivity contribution >= 4 is 38.5 Å². The minimum absolute atomic E-state index is 0.288. The summed E-state index contributed by atoms with van der Waals surface area (Å²) in [5.41, 5.74) is 3.98. The number of carbonyl (C=O) groups excluding carboxylic acids is 1. The molecule has 1 aromatic carbocycles. The molecule has 0 bridgehead atoms. The number of hydrogen-bond acceptors (Lipinski definition) is 6. The second-order valence-corrected chi connectivity index (χ2v) is 6.96. The van der Waals surface area contributed by atoms with Crippen LogP contribution < -0.4 is 5.32 Å². The van der Waals surface area contributed by atoms with Crippen LogP contribution in [-0.4, -0.2) is 29.8 Å². The van der Waals surface area contributed by atoms with E-state index < -0.39 is 5.97 Å². The number of carbonyl (C=O) groups is 1. The van der Waals surface area contributed by atoms with Gasteiger partial charge in [-0.05, 0) is 51.0 Å². The second kappa shape index (κ2) is 7.86. The smallest absolute Gasteiger partial charge is 0.356 e. The third-order valence-corrected chi connectivity index (χ3v) is 4.76. The van der Waals surface area contributed by atoms with Crippen LogP contribution in [0.4, 0.5) is 5.69 Å². The maximum absolute atomic E-state index is 11.9. The first-order chi connectivity index (χ1) is 12.5. The van der Waals surface area contributed by atoms with Crippen molar-refractivity contribution < 1.29 is 14.1 Å². The molecule has 0 atom stereocenters. The van der Waals surface area contributed by atoms with Gasteiger partial charge in [0, 0.05) is 27.7 Å². The number of aromatic nitrogens is 2. The summed E-state index contributed by atoms with van der Waals surface area (Å²) in [5, 5.41) is 8.35. The Balaban J connectivity index is 1.79. The van der Waals surface area contributed by atoms with E-state index in [1.54, 1.807) is 6.07 Å². The van der Waals surface area contributed by atoms with Gasteiger partial charge in [-0.2, -0.15) is 0 Å². The van der Waals surface area contributed by atoms with Crippen LogP contribution in [0, 0.1) is 13.8 Å². The highest BCUT2D eigenvalue weighted by molar-refractivity contribution is 9.10. The number of nitrogens with zero attached hydrogens (tertiary/aromatic N) is 2. The van der Waals surface area contributed by atoms with Crippen LogP contribution in [0.1, 0.15) is 33.9 Å². The fourth-order valence-corrected chi connectivity index (χ4v) is 3.26. The molecule has 0 radical (unpaired) electrons. The van der Waals surface area contributed by atoms with Crippen LogP contribution in [0.15, 0.2) is 33.3 Å². The van der Waals surface area contributed by atoms with Crippen LogP contribution in [-0.2, 0) is 11.2 Å². The molecule has 0 aliphatic carbocycles. The van der Waals surface area contributed by atoms with E-state index >= 15 is 0 Å². The van der Waals surface area contributed by atoms with Crippen molar-refractivity contribution in [2.75, 3.05) is 19.0 Å². The van der Waals surface area contributed by atoms with Gasteiger partial charge in [0.05, 0.1) is 18.3 Å². The van der Waals surface area contributed by atoms with E-state index in [4.69, 9.17) is 9.26 Å². The van der Waals surface area contributed by atoms with Gasteiger partial charge in [-0.15, -0.1) is 0 Å². The summed E-state index contributed by atoms with van der Waals surface area (Å²) in [5.74, 6) is 0.419. The molecule has 3 aromatic rings. The van der Waals surface area contributed by atoms with Crippen molar-refractivity contribution in [1.82, 2.24) is 10.1 Å². The number of benzene rings is 1. The van der Waals surface area contributed by atoms with Crippen molar-refractivity contribution in [3.8, 4) is 0 Å². The first-order valence-corrected chi connectivity index (χ1v) is 9.13. The van der Waals surface area contributed by atoms with Gasteiger partial charge >= 0.3 is 5.97 Å². The van der Waals surface area contributed by atoms with Gasteiger partial charge in [0.1, 0.15) is 5.76 Å². The lowest BCUT2D eigenvalue weighted by molar-refractivity contribution is 0.0594. The maximum atomic E-state index is 11.9. The molecule has 0 spiro atoms. The molecule has 0 aliphatic heterocycles. The van der Waals surface area contributed by atoms with Gasteiger partial charge in [-0.3, -0.25) is 0 Å². The quantitative estimate of drug-likeness (QED) is 0.471. The first-order valence-electron chi connectivity index (χ1n) is 8.34. The third-order valence-electron chi connectivity index (χ3n) is 4.27. The summed E-state index contributed by atoms with van der Waals surface area (Å²) < 4.78 is 11.0. The number of halogens is 1. The normalized spacial score (nSPS) is 10.9. The molecule has 0 saturated carbocycles. The summed E-state index contributed by atoms with van der Waals surface area (Å²) in [6, 6.07) is 7.50. The summed E-state index contributed by atoms with van der Waals surface area (Å²) >= 11 is 3.49. The van der Waals surface area contributed by atoms with Gasteiger partial charge in [-0.25, -0.2) is 9.78 Å². The average molecular weight is 418 g/mol. The Kier molecular flexibility index (Phi) is 5.56. The molecule has 6 nitrogen and oxygen atoms in total. The van der Waals surface area contributed by atoms with E-state index in [-0.39, 0.29) is 5.69 Å². The van der Waals surface area contributed by atoms with E-state index in [0.717, 1.165) is 57.5 Å². The lowest BCUT2D eigenvalue weighted by Gasteiger charge is -2.12. The van der Waals surface area contributed by atoms with Crippen LogP contribution in [0.2, 0.25) is 0 Å². The largest absolute Gasteiger partial charge is 0.464 e. The lowest BCUT2D eigenvalue weighted by Crippen LogP contribution is -2.09. The van der Waals surface area contributed by atoms with Gasteiger partial charge in [0.25, 0.3) is 0 Å². The summed E-state index contributed by atoms with van der Waals surface area (Å²) in [4.78, 5) is 16.3. The molecular weight excluding hydrogens is 398 g/mol. The van der Waals surface area contributed by atoms with Gasteiger partial charge in [0.15, 0.2) is 5.69 Å². The zero-order chi connectivity index (χ0) is 18.7. The minimum Gasteiger partial charge on any atom is -0.464 e. The number of rotatable bonds is 6. The van der Waals surface area contributed by atoms with Crippen molar-refractivity contribution in [1.29, 1.82) is 0 Å². The zero-order valence-corrected chi connectivity index (χ0v) is 16.5. The average Bonchev–Trinajstić information content (AvgIpc) is 2.96.